The monoisotopic (exact) mass is 378 g/mol. The Balaban J connectivity index is 1.46. The van der Waals surface area contributed by atoms with Gasteiger partial charge in [-0.3, -0.25) is 0 Å². The third kappa shape index (κ3) is 3.91. The fraction of sp³-hybridized carbons (Fsp3) is 0.0909. The van der Waals surface area contributed by atoms with Gasteiger partial charge in [-0.25, -0.2) is 8.78 Å². The number of rotatable bonds is 5. The highest BCUT2D eigenvalue weighted by Gasteiger charge is 2.11. The highest BCUT2D eigenvalue weighted by Crippen LogP contribution is 2.25. The first-order chi connectivity index (χ1) is 13.6. The van der Waals surface area contributed by atoms with Gasteiger partial charge in [-0.2, -0.15) is 4.98 Å². The van der Waals surface area contributed by atoms with Crippen LogP contribution in [0.2, 0.25) is 0 Å². The van der Waals surface area contributed by atoms with Crippen LogP contribution in [0.4, 0.5) is 8.78 Å². The molecule has 0 atom stereocenters. The Morgan fingerprint density at radius 3 is 2.50 bits per heavy atom. The number of ether oxygens (including phenoxy) is 1. The summed E-state index contributed by atoms with van der Waals surface area (Å²) in [7, 11) is 0. The zero-order chi connectivity index (χ0) is 19.5. The second-order valence-corrected chi connectivity index (χ2v) is 6.34. The van der Waals surface area contributed by atoms with Gasteiger partial charge in [0, 0.05) is 22.8 Å². The van der Waals surface area contributed by atoms with E-state index < -0.39 is 11.6 Å². The average molecular weight is 378 g/mol. The van der Waals surface area contributed by atoms with Crippen molar-refractivity contribution in [2.45, 2.75) is 13.5 Å². The van der Waals surface area contributed by atoms with Crippen LogP contribution in [0.5, 0.6) is 5.75 Å². The van der Waals surface area contributed by atoms with Gasteiger partial charge in [-0.1, -0.05) is 22.9 Å². The van der Waals surface area contributed by atoms with E-state index in [0.29, 0.717) is 17.5 Å². The van der Waals surface area contributed by atoms with Crippen molar-refractivity contribution in [2.24, 2.45) is 0 Å². The Morgan fingerprint density at radius 1 is 0.929 bits per heavy atom. The second kappa shape index (κ2) is 7.60. The topological polar surface area (TPSA) is 48.2 Å². The molecule has 0 aliphatic carbocycles. The van der Waals surface area contributed by atoms with Crippen molar-refractivity contribution in [3.05, 3.63) is 89.5 Å². The number of nitrogens with zero attached hydrogens (tertiary/aromatic N) is 2. The van der Waals surface area contributed by atoms with E-state index >= 15 is 0 Å². The van der Waals surface area contributed by atoms with Crippen molar-refractivity contribution in [3.63, 3.8) is 0 Å². The molecule has 0 aliphatic rings. The Labute approximate surface area is 160 Å². The number of hydrogen-bond donors (Lipinski definition) is 0. The minimum absolute atomic E-state index is 0.00514. The first-order valence-electron chi connectivity index (χ1n) is 8.66. The Kier molecular flexibility index (Phi) is 4.85. The molecule has 0 spiro atoms. The molecule has 0 aliphatic heterocycles. The van der Waals surface area contributed by atoms with Crippen LogP contribution in [0.25, 0.3) is 22.8 Å². The van der Waals surface area contributed by atoms with E-state index in [1.807, 2.05) is 31.2 Å². The van der Waals surface area contributed by atoms with Gasteiger partial charge in [-0.05, 0) is 55.5 Å². The molecule has 140 valence electrons. The van der Waals surface area contributed by atoms with Crippen LogP contribution in [-0.4, -0.2) is 10.1 Å². The largest absolute Gasteiger partial charge is 0.489 e. The molecule has 0 fully saturated rings. The lowest BCUT2D eigenvalue weighted by atomic mass is 10.1. The Bertz CT molecular complexity index is 1110. The molecule has 0 bridgehead atoms. The number of aromatic nitrogens is 2. The number of aryl methyl sites for hydroxylation is 1. The second-order valence-electron chi connectivity index (χ2n) is 6.34. The summed E-state index contributed by atoms with van der Waals surface area (Å²) in [6.45, 7) is 2.00. The minimum atomic E-state index is -0.632. The predicted molar refractivity (Wildman–Crippen MR) is 101 cm³/mol. The summed E-state index contributed by atoms with van der Waals surface area (Å²) >= 11 is 0. The van der Waals surface area contributed by atoms with Crippen LogP contribution < -0.4 is 4.74 Å². The van der Waals surface area contributed by atoms with Crippen molar-refractivity contribution in [1.29, 1.82) is 0 Å². The molecule has 0 amide bonds. The first-order valence-corrected chi connectivity index (χ1v) is 8.66. The fourth-order valence-electron chi connectivity index (χ4n) is 2.74. The molecule has 6 heteroatoms. The summed E-state index contributed by atoms with van der Waals surface area (Å²) in [5, 5.41) is 4.02. The van der Waals surface area contributed by atoms with Crippen molar-refractivity contribution in [1.82, 2.24) is 10.1 Å². The van der Waals surface area contributed by atoms with E-state index in [1.54, 1.807) is 24.3 Å². The molecule has 3 aromatic carbocycles. The summed E-state index contributed by atoms with van der Waals surface area (Å²) in [6.07, 6.45) is 0. The molecule has 0 saturated carbocycles. The average Bonchev–Trinajstić information content (AvgIpc) is 3.18. The molecule has 1 heterocycles. The summed E-state index contributed by atoms with van der Waals surface area (Å²) in [5.74, 6) is 0.219. The number of benzene rings is 3. The zero-order valence-corrected chi connectivity index (χ0v) is 15.0. The highest BCUT2D eigenvalue weighted by atomic mass is 19.1. The normalized spacial score (nSPS) is 10.8. The van der Waals surface area contributed by atoms with E-state index in [2.05, 4.69) is 10.1 Å². The number of halogens is 2. The van der Waals surface area contributed by atoms with Crippen LogP contribution in [0, 0.1) is 18.6 Å². The summed E-state index contributed by atoms with van der Waals surface area (Å²) in [6, 6.07) is 18.3. The molecule has 4 rings (SSSR count). The third-order valence-electron chi connectivity index (χ3n) is 4.21. The zero-order valence-electron chi connectivity index (χ0n) is 15.0. The van der Waals surface area contributed by atoms with Crippen molar-refractivity contribution < 1.29 is 18.0 Å². The predicted octanol–water partition coefficient (Wildman–Crippen LogP) is 5.57. The number of hydrogen-bond acceptors (Lipinski definition) is 4. The highest BCUT2D eigenvalue weighted by molar-refractivity contribution is 5.60. The molecule has 4 aromatic rings. The maximum atomic E-state index is 13.7. The standard InChI is InChI=1S/C22H16F2N2O2/c1-14-3-2-4-16(11-14)22-25-21(26-28-22)15-6-9-19(10-7-15)27-13-17-5-8-18(23)12-20(17)24/h2-12H,13H2,1H3. The molecular formula is C22H16F2N2O2. The van der Waals surface area contributed by atoms with Gasteiger partial charge in [-0.15, -0.1) is 0 Å². The van der Waals surface area contributed by atoms with Gasteiger partial charge in [0.05, 0.1) is 0 Å². The van der Waals surface area contributed by atoms with Gasteiger partial charge in [0.1, 0.15) is 24.0 Å². The van der Waals surface area contributed by atoms with E-state index in [4.69, 9.17) is 9.26 Å². The lowest BCUT2D eigenvalue weighted by Gasteiger charge is -2.07. The van der Waals surface area contributed by atoms with Gasteiger partial charge in [0.25, 0.3) is 5.89 Å². The van der Waals surface area contributed by atoms with Crippen LogP contribution in [0.3, 0.4) is 0 Å². The van der Waals surface area contributed by atoms with E-state index in [-0.39, 0.29) is 12.2 Å². The molecule has 0 N–H and O–H groups in total. The van der Waals surface area contributed by atoms with Gasteiger partial charge in [0.2, 0.25) is 5.82 Å². The van der Waals surface area contributed by atoms with Crippen LogP contribution >= 0.6 is 0 Å². The van der Waals surface area contributed by atoms with E-state index in [1.165, 1.54) is 12.1 Å². The Morgan fingerprint density at radius 2 is 1.75 bits per heavy atom. The van der Waals surface area contributed by atoms with Gasteiger partial charge >= 0.3 is 0 Å². The fourth-order valence-corrected chi connectivity index (χ4v) is 2.74. The molecular weight excluding hydrogens is 362 g/mol. The smallest absolute Gasteiger partial charge is 0.258 e. The van der Waals surface area contributed by atoms with Crippen LogP contribution in [-0.2, 0) is 6.61 Å². The van der Waals surface area contributed by atoms with E-state index in [9.17, 15) is 8.78 Å². The molecule has 0 saturated heterocycles. The lowest BCUT2D eigenvalue weighted by Crippen LogP contribution is -1.99. The minimum Gasteiger partial charge on any atom is -0.489 e. The first kappa shape index (κ1) is 17.9. The summed E-state index contributed by atoms with van der Waals surface area (Å²) < 4.78 is 37.5. The van der Waals surface area contributed by atoms with Crippen molar-refractivity contribution in [3.8, 4) is 28.6 Å². The lowest BCUT2D eigenvalue weighted by molar-refractivity contribution is 0.299. The SMILES string of the molecule is Cc1cccc(-c2nc(-c3ccc(OCc4ccc(F)cc4F)cc3)no2)c1. The van der Waals surface area contributed by atoms with Crippen molar-refractivity contribution >= 4 is 0 Å². The maximum absolute atomic E-state index is 13.7. The molecule has 28 heavy (non-hydrogen) atoms. The summed E-state index contributed by atoms with van der Waals surface area (Å²) in [5.41, 5.74) is 3.02. The molecule has 0 unspecified atom stereocenters. The van der Waals surface area contributed by atoms with E-state index in [0.717, 1.165) is 22.8 Å². The molecule has 4 nitrogen and oxygen atoms in total. The van der Waals surface area contributed by atoms with Crippen LogP contribution in [0.15, 0.2) is 71.3 Å². The third-order valence-corrected chi connectivity index (χ3v) is 4.21. The Hall–Kier alpha value is -3.54. The quantitative estimate of drug-likeness (QED) is 0.456. The molecule has 0 radical (unpaired) electrons. The molecule has 1 aromatic heterocycles. The van der Waals surface area contributed by atoms with Gasteiger partial charge < -0.3 is 9.26 Å². The van der Waals surface area contributed by atoms with Crippen molar-refractivity contribution in [2.75, 3.05) is 0 Å². The van der Waals surface area contributed by atoms with Crippen LogP contribution in [0.1, 0.15) is 11.1 Å². The summed E-state index contributed by atoms with van der Waals surface area (Å²) in [4.78, 5) is 4.43. The maximum Gasteiger partial charge on any atom is 0.258 e. The van der Waals surface area contributed by atoms with Gasteiger partial charge in [0.15, 0.2) is 0 Å².